The minimum absolute atomic E-state index is 0.0908. The fraction of sp³-hybridized carbons (Fsp3) is 0.533. The van der Waals surface area contributed by atoms with E-state index in [9.17, 15) is 4.79 Å². The van der Waals surface area contributed by atoms with Crippen molar-refractivity contribution in [2.45, 2.75) is 32.7 Å². The molecular formula is C15H23N3O. The summed E-state index contributed by atoms with van der Waals surface area (Å²) in [6.07, 6.45) is 2.05. The fourth-order valence-electron chi connectivity index (χ4n) is 2.50. The van der Waals surface area contributed by atoms with E-state index in [0.717, 1.165) is 42.7 Å². The maximum Gasteiger partial charge on any atom is 0.319 e. The molecule has 1 heterocycles. The third kappa shape index (κ3) is 3.70. The molecule has 0 unspecified atom stereocenters. The van der Waals surface area contributed by atoms with Gasteiger partial charge in [-0.2, -0.15) is 0 Å². The first-order valence-corrected chi connectivity index (χ1v) is 6.88. The van der Waals surface area contributed by atoms with Gasteiger partial charge in [-0.1, -0.05) is 18.2 Å². The predicted octanol–water partition coefficient (Wildman–Crippen LogP) is 2.52. The van der Waals surface area contributed by atoms with Crippen LogP contribution >= 0.6 is 0 Å². The van der Waals surface area contributed by atoms with Gasteiger partial charge in [0.05, 0.1) is 0 Å². The molecule has 0 radical (unpaired) electrons. The Balaban J connectivity index is 1.91. The lowest BCUT2D eigenvalue weighted by molar-refractivity contribution is 0.221. The number of anilines is 1. The van der Waals surface area contributed by atoms with Crippen LogP contribution in [0.1, 0.15) is 24.0 Å². The van der Waals surface area contributed by atoms with Gasteiger partial charge in [0.25, 0.3) is 0 Å². The molecule has 104 valence electrons. The van der Waals surface area contributed by atoms with Gasteiger partial charge in [-0.25, -0.2) is 4.79 Å². The lowest BCUT2D eigenvalue weighted by Crippen LogP contribution is -2.45. The number of amides is 2. The molecule has 2 rings (SSSR count). The van der Waals surface area contributed by atoms with Crippen LogP contribution in [-0.4, -0.2) is 37.1 Å². The summed E-state index contributed by atoms with van der Waals surface area (Å²) in [6.45, 7) is 6.12. The highest BCUT2D eigenvalue weighted by Gasteiger charge is 2.18. The van der Waals surface area contributed by atoms with Crippen molar-refractivity contribution in [3.05, 3.63) is 29.3 Å². The van der Waals surface area contributed by atoms with Crippen molar-refractivity contribution in [2.24, 2.45) is 0 Å². The molecule has 0 aliphatic carbocycles. The maximum atomic E-state index is 12.0. The van der Waals surface area contributed by atoms with Gasteiger partial charge in [-0.3, -0.25) is 0 Å². The number of rotatable bonds is 2. The fourth-order valence-corrected chi connectivity index (χ4v) is 2.50. The SMILES string of the molecule is Cc1cccc(C)c1NC(=O)NC1CCN(C)CC1. The molecule has 1 fully saturated rings. The number of nitrogens with zero attached hydrogens (tertiary/aromatic N) is 1. The monoisotopic (exact) mass is 261 g/mol. The van der Waals surface area contributed by atoms with Gasteiger partial charge < -0.3 is 15.5 Å². The number of urea groups is 1. The van der Waals surface area contributed by atoms with Crippen molar-refractivity contribution >= 4 is 11.7 Å². The number of piperidine rings is 1. The zero-order valence-electron chi connectivity index (χ0n) is 12.0. The molecule has 0 atom stereocenters. The highest BCUT2D eigenvalue weighted by atomic mass is 16.2. The molecule has 4 nitrogen and oxygen atoms in total. The molecular weight excluding hydrogens is 238 g/mol. The summed E-state index contributed by atoms with van der Waals surface area (Å²) in [5.41, 5.74) is 3.12. The number of hydrogen-bond donors (Lipinski definition) is 2. The molecule has 4 heteroatoms. The Morgan fingerprint density at radius 1 is 1.21 bits per heavy atom. The number of likely N-dealkylation sites (tertiary alicyclic amines) is 1. The van der Waals surface area contributed by atoms with Crippen molar-refractivity contribution in [2.75, 3.05) is 25.5 Å². The van der Waals surface area contributed by atoms with Gasteiger partial charge in [0.2, 0.25) is 0 Å². The van der Waals surface area contributed by atoms with Gasteiger partial charge in [-0.05, 0) is 58.0 Å². The molecule has 2 amide bonds. The second-order valence-electron chi connectivity index (χ2n) is 5.44. The third-order valence-electron chi connectivity index (χ3n) is 3.77. The Bertz CT molecular complexity index is 430. The minimum Gasteiger partial charge on any atom is -0.335 e. The van der Waals surface area contributed by atoms with Gasteiger partial charge in [0.1, 0.15) is 0 Å². The van der Waals surface area contributed by atoms with Crippen LogP contribution in [0.5, 0.6) is 0 Å². The number of carbonyl (C=O) groups is 1. The van der Waals surface area contributed by atoms with Crippen molar-refractivity contribution in [1.82, 2.24) is 10.2 Å². The van der Waals surface area contributed by atoms with Crippen LogP contribution in [0.25, 0.3) is 0 Å². The normalized spacial score (nSPS) is 17.2. The molecule has 0 spiro atoms. The van der Waals surface area contributed by atoms with E-state index >= 15 is 0 Å². The van der Waals surface area contributed by atoms with Crippen molar-refractivity contribution in [3.63, 3.8) is 0 Å². The van der Waals surface area contributed by atoms with Crippen molar-refractivity contribution < 1.29 is 4.79 Å². The van der Waals surface area contributed by atoms with E-state index in [1.807, 2.05) is 32.0 Å². The average Bonchev–Trinajstić information content (AvgIpc) is 2.37. The molecule has 1 aliphatic heterocycles. The van der Waals surface area contributed by atoms with Crippen LogP contribution in [0, 0.1) is 13.8 Å². The van der Waals surface area contributed by atoms with Crippen molar-refractivity contribution in [1.29, 1.82) is 0 Å². The Kier molecular flexibility index (Phi) is 4.43. The van der Waals surface area contributed by atoms with E-state index in [2.05, 4.69) is 22.6 Å². The lowest BCUT2D eigenvalue weighted by Gasteiger charge is -2.29. The summed E-state index contributed by atoms with van der Waals surface area (Å²) in [6, 6.07) is 6.23. The smallest absolute Gasteiger partial charge is 0.319 e. The maximum absolute atomic E-state index is 12.0. The minimum atomic E-state index is -0.0908. The van der Waals surface area contributed by atoms with Crippen molar-refractivity contribution in [3.8, 4) is 0 Å². The number of carbonyl (C=O) groups excluding carboxylic acids is 1. The molecule has 0 saturated carbocycles. The van der Waals surface area contributed by atoms with Crippen LogP contribution in [0.4, 0.5) is 10.5 Å². The molecule has 1 saturated heterocycles. The van der Waals surface area contributed by atoms with Gasteiger partial charge >= 0.3 is 6.03 Å². The summed E-state index contributed by atoms with van der Waals surface area (Å²) in [5.74, 6) is 0. The highest BCUT2D eigenvalue weighted by Crippen LogP contribution is 2.19. The van der Waals surface area contributed by atoms with E-state index < -0.39 is 0 Å². The number of aryl methyl sites for hydroxylation is 2. The molecule has 1 aromatic rings. The Labute approximate surface area is 115 Å². The number of benzene rings is 1. The van der Waals surface area contributed by atoms with E-state index in [-0.39, 0.29) is 6.03 Å². The molecule has 1 aliphatic rings. The summed E-state index contributed by atoms with van der Waals surface area (Å²) in [5, 5.41) is 6.04. The van der Waals surface area contributed by atoms with Crippen LogP contribution in [0.2, 0.25) is 0 Å². The number of para-hydroxylation sites is 1. The zero-order chi connectivity index (χ0) is 13.8. The van der Waals surface area contributed by atoms with Gasteiger partial charge in [0, 0.05) is 11.7 Å². The Morgan fingerprint density at radius 3 is 2.37 bits per heavy atom. The molecule has 2 N–H and O–H groups in total. The highest BCUT2D eigenvalue weighted by molar-refractivity contribution is 5.91. The third-order valence-corrected chi connectivity index (χ3v) is 3.77. The quantitative estimate of drug-likeness (QED) is 0.859. The second kappa shape index (κ2) is 6.06. The lowest BCUT2D eigenvalue weighted by atomic mass is 10.1. The topological polar surface area (TPSA) is 44.4 Å². The largest absolute Gasteiger partial charge is 0.335 e. The first kappa shape index (κ1) is 13.9. The second-order valence-corrected chi connectivity index (χ2v) is 5.44. The van der Waals surface area contributed by atoms with Crippen LogP contribution in [0.3, 0.4) is 0 Å². The standard InChI is InChI=1S/C15H23N3O/c1-11-5-4-6-12(2)14(11)17-15(19)16-13-7-9-18(3)10-8-13/h4-6,13H,7-10H2,1-3H3,(H2,16,17,19). The predicted molar refractivity (Wildman–Crippen MR) is 78.6 cm³/mol. The zero-order valence-corrected chi connectivity index (χ0v) is 12.0. The van der Waals surface area contributed by atoms with E-state index in [4.69, 9.17) is 0 Å². The summed E-state index contributed by atoms with van der Waals surface area (Å²) in [7, 11) is 2.12. The van der Waals surface area contributed by atoms with E-state index in [0.29, 0.717) is 6.04 Å². The molecule has 0 aromatic heterocycles. The molecule has 0 bridgehead atoms. The molecule has 1 aromatic carbocycles. The average molecular weight is 261 g/mol. The summed E-state index contributed by atoms with van der Waals surface area (Å²) in [4.78, 5) is 14.3. The van der Waals surface area contributed by atoms with Crippen LogP contribution in [-0.2, 0) is 0 Å². The van der Waals surface area contributed by atoms with Crippen LogP contribution in [0.15, 0.2) is 18.2 Å². The Hall–Kier alpha value is -1.55. The van der Waals surface area contributed by atoms with E-state index in [1.165, 1.54) is 0 Å². The van der Waals surface area contributed by atoms with E-state index in [1.54, 1.807) is 0 Å². The molecule has 19 heavy (non-hydrogen) atoms. The summed E-state index contributed by atoms with van der Waals surface area (Å²) >= 11 is 0. The van der Waals surface area contributed by atoms with Gasteiger partial charge in [0.15, 0.2) is 0 Å². The number of hydrogen-bond acceptors (Lipinski definition) is 2. The summed E-state index contributed by atoms with van der Waals surface area (Å²) < 4.78 is 0. The van der Waals surface area contributed by atoms with Crippen LogP contribution < -0.4 is 10.6 Å². The first-order valence-electron chi connectivity index (χ1n) is 6.88. The Morgan fingerprint density at radius 2 is 1.79 bits per heavy atom. The first-order chi connectivity index (χ1) is 9.06. The number of nitrogens with one attached hydrogen (secondary N) is 2. The van der Waals surface area contributed by atoms with Gasteiger partial charge in [-0.15, -0.1) is 0 Å².